The first-order valence-electron chi connectivity index (χ1n) is 10.5. The summed E-state index contributed by atoms with van der Waals surface area (Å²) in [5, 5.41) is 56.1. The largest absolute Gasteiger partial charge is 0.508 e. The Labute approximate surface area is 201 Å². The summed E-state index contributed by atoms with van der Waals surface area (Å²) in [6.07, 6.45) is 1.26. The molecule has 0 aliphatic rings. The van der Waals surface area contributed by atoms with E-state index in [4.69, 9.17) is 35.7 Å². The first-order chi connectivity index (χ1) is 15.4. The number of phenols is 1. The molecule has 194 valence electrons. The molecule has 7 nitrogen and oxygen atoms in total. The van der Waals surface area contributed by atoms with Gasteiger partial charge in [-0.2, -0.15) is 0 Å². The fraction of sp³-hybridized carbons (Fsp3) is 0.462. The summed E-state index contributed by atoms with van der Waals surface area (Å²) in [5.41, 5.74) is 0.465. The second-order valence-corrected chi connectivity index (χ2v) is 7.03. The van der Waals surface area contributed by atoms with Crippen molar-refractivity contribution >= 4 is 0 Å². The average Bonchev–Trinajstić information content (AvgIpc) is 2.76. The number of rotatable bonds is 2. The second-order valence-electron chi connectivity index (χ2n) is 7.03. The lowest BCUT2D eigenvalue weighted by Gasteiger charge is -2.04. The van der Waals surface area contributed by atoms with Crippen molar-refractivity contribution in [3.63, 3.8) is 0 Å². The van der Waals surface area contributed by atoms with Crippen LogP contribution in [0.2, 0.25) is 0 Å². The third-order valence-electron chi connectivity index (χ3n) is 1.91. The fourth-order valence-electron chi connectivity index (χ4n) is 1.01. The molecule has 0 aliphatic carbocycles. The van der Waals surface area contributed by atoms with Gasteiger partial charge in [0.05, 0.1) is 18.8 Å². The van der Waals surface area contributed by atoms with Crippen molar-refractivity contribution in [3.05, 3.63) is 78.9 Å². The maximum absolute atomic E-state index is 8.63. The van der Waals surface area contributed by atoms with Gasteiger partial charge in [-0.15, -0.1) is 6.58 Å². The fourth-order valence-corrected chi connectivity index (χ4v) is 1.01. The number of benzene rings is 2. The van der Waals surface area contributed by atoms with E-state index in [-0.39, 0.29) is 25.9 Å². The zero-order valence-corrected chi connectivity index (χ0v) is 21.4. The topological polar surface area (TPSA) is 142 Å². The van der Waals surface area contributed by atoms with Gasteiger partial charge in [-0.3, -0.25) is 0 Å². The average molecular weight is 473 g/mol. The Morgan fingerprint density at radius 3 is 1.21 bits per heavy atom. The van der Waals surface area contributed by atoms with Crippen LogP contribution in [0.25, 0.3) is 0 Å². The number of phenolic OH excluding ortho intramolecular Hbond substituents is 1. The van der Waals surface area contributed by atoms with Crippen LogP contribution in [-0.2, 0) is 6.61 Å². The van der Waals surface area contributed by atoms with E-state index in [2.05, 4.69) is 6.58 Å². The molecule has 0 amide bonds. The van der Waals surface area contributed by atoms with Crippen molar-refractivity contribution in [1.82, 2.24) is 0 Å². The Morgan fingerprint density at radius 2 is 1.09 bits per heavy atom. The molecule has 0 saturated carbocycles. The third kappa shape index (κ3) is 81.7. The molecule has 7 N–H and O–H groups in total. The highest BCUT2D eigenvalue weighted by atomic mass is 16.3. The molecule has 0 spiro atoms. The Morgan fingerprint density at radius 1 is 0.848 bits per heavy atom. The standard InChI is InChI=1S/C7H8O.C6H6O.C4H10O.C3H8O.C3H6O.C2H6O.CH4O/c8-6-7-4-2-1-3-5-7;7-6-4-2-1-3-5-6;1-4(2,3)5;1-3(2)4;1-2-3-4;1-2-3;1-2/h1-5,8H,6H2;1-5,7H;5H,1-3H3;3-4H,1-2H3;2,4H,1,3H2;3H,2H2,1H3;2H,1H3. The molecule has 0 bridgehead atoms. The monoisotopic (exact) mass is 472 g/mol. The highest BCUT2D eigenvalue weighted by molar-refractivity contribution is 5.18. The van der Waals surface area contributed by atoms with E-state index < -0.39 is 5.60 Å². The molecule has 2 rings (SSSR count). The molecule has 0 atom stereocenters. The highest BCUT2D eigenvalue weighted by Gasteiger charge is 1.97. The minimum Gasteiger partial charge on any atom is -0.508 e. The third-order valence-corrected chi connectivity index (χ3v) is 1.91. The predicted molar refractivity (Wildman–Crippen MR) is 138 cm³/mol. The number of hydrogen-bond acceptors (Lipinski definition) is 7. The SMILES string of the molecule is C=CCO.CC(C)(C)O.CC(C)O.CCO.CO.OCc1ccccc1.Oc1ccccc1. The normalized spacial score (nSPS) is 8.42. The summed E-state index contributed by atoms with van der Waals surface area (Å²) >= 11 is 0. The molecule has 0 fully saturated rings. The van der Waals surface area contributed by atoms with Gasteiger partial charge in [-0.25, -0.2) is 0 Å². The minimum atomic E-state index is -0.500. The van der Waals surface area contributed by atoms with E-state index in [9.17, 15) is 0 Å². The molecule has 0 radical (unpaired) electrons. The van der Waals surface area contributed by atoms with Gasteiger partial charge in [0.2, 0.25) is 0 Å². The molecule has 0 heterocycles. The van der Waals surface area contributed by atoms with Crippen molar-refractivity contribution in [3.8, 4) is 5.75 Å². The summed E-state index contributed by atoms with van der Waals surface area (Å²) in [5.74, 6) is 0.322. The maximum atomic E-state index is 8.63. The molecule has 0 saturated heterocycles. The maximum Gasteiger partial charge on any atom is 0.115 e. The van der Waals surface area contributed by atoms with E-state index in [1.807, 2.05) is 36.4 Å². The summed E-state index contributed by atoms with van der Waals surface area (Å²) in [6, 6.07) is 18.2. The lowest BCUT2D eigenvalue weighted by atomic mass is 10.2. The molecule has 2 aromatic carbocycles. The van der Waals surface area contributed by atoms with Crippen LogP contribution >= 0.6 is 0 Å². The smallest absolute Gasteiger partial charge is 0.115 e. The molecule has 0 aromatic heterocycles. The zero-order valence-electron chi connectivity index (χ0n) is 21.4. The summed E-state index contributed by atoms with van der Waals surface area (Å²) in [4.78, 5) is 0. The second kappa shape index (κ2) is 34.4. The van der Waals surface area contributed by atoms with Crippen molar-refractivity contribution < 1.29 is 35.7 Å². The van der Waals surface area contributed by atoms with E-state index >= 15 is 0 Å². The molecule has 33 heavy (non-hydrogen) atoms. The lowest BCUT2D eigenvalue weighted by Crippen LogP contribution is -2.10. The van der Waals surface area contributed by atoms with Crippen LogP contribution in [0.15, 0.2) is 73.3 Å². The molecule has 2 aromatic rings. The number of aliphatic hydroxyl groups is 6. The van der Waals surface area contributed by atoms with Crippen LogP contribution in [0, 0.1) is 0 Å². The molecular weight excluding hydrogens is 424 g/mol. The predicted octanol–water partition coefficient (Wildman–Crippen LogP) is 3.51. The summed E-state index contributed by atoms with van der Waals surface area (Å²) < 4.78 is 0. The molecule has 0 aliphatic heterocycles. The van der Waals surface area contributed by atoms with Gasteiger partial charge in [0, 0.05) is 19.8 Å². The van der Waals surface area contributed by atoms with Crippen molar-refractivity contribution in [2.45, 2.75) is 59.9 Å². The summed E-state index contributed by atoms with van der Waals surface area (Å²) in [6.45, 7) is 14.1. The Kier molecular flexibility index (Phi) is 42.7. The van der Waals surface area contributed by atoms with Crippen molar-refractivity contribution in [2.24, 2.45) is 0 Å². The molecular formula is C26H48O7. The Balaban J connectivity index is -0.0000000969. The van der Waals surface area contributed by atoms with Crippen molar-refractivity contribution in [2.75, 3.05) is 20.3 Å². The highest BCUT2D eigenvalue weighted by Crippen LogP contribution is 2.02. The first kappa shape index (κ1) is 41.0. The van der Waals surface area contributed by atoms with Crippen LogP contribution < -0.4 is 0 Å². The van der Waals surface area contributed by atoms with Crippen LogP contribution in [-0.4, -0.2) is 67.8 Å². The van der Waals surface area contributed by atoms with Gasteiger partial charge < -0.3 is 35.7 Å². The van der Waals surface area contributed by atoms with Crippen LogP contribution in [0.4, 0.5) is 0 Å². The Hall–Kier alpha value is -2.26. The van der Waals surface area contributed by atoms with Gasteiger partial charge in [-0.05, 0) is 59.2 Å². The molecule has 0 unspecified atom stereocenters. The quantitative estimate of drug-likeness (QED) is 0.332. The number of hydrogen-bond donors (Lipinski definition) is 7. The van der Waals surface area contributed by atoms with Crippen LogP contribution in [0.3, 0.4) is 0 Å². The van der Waals surface area contributed by atoms with Gasteiger partial charge in [0.25, 0.3) is 0 Å². The van der Waals surface area contributed by atoms with Gasteiger partial charge in [0.15, 0.2) is 0 Å². The summed E-state index contributed by atoms with van der Waals surface area (Å²) in [7, 11) is 1.00. The zero-order chi connectivity index (χ0) is 27.1. The van der Waals surface area contributed by atoms with E-state index in [1.54, 1.807) is 65.8 Å². The van der Waals surface area contributed by atoms with E-state index in [0.29, 0.717) is 5.75 Å². The van der Waals surface area contributed by atoms with Gasteiger partial charge in [0.1, 0.15) is 5.75 Å². The van der Waals surface area contributed by atoms with E-state index in [1.165, 1.54) is 6.08 Å². The first-order valence-corrected chi connectivity index (χ1v) is 10.5. The van der Waals surface area contributed by atoms with Crippen molar-refractivity contribution in [1.29, 1.82) is 0 Å². The van der Waals surface area contributed by atoms with Gasteiger partial charge >= 0.3 is 0 Å². The van der Waals surface area contributed by atoms with Crippen LogP contribution in [0.5, 0.6) is 5.75 Å². The number of para-hydroxylation sites is 1. The van der Waals surface area contributed by atoms with Gasteiger partial charge in [-0.1, -0.05) is 54.6 Å². The number of aromatic hydroxyl groups is 1. The number of aliphatic hydroxyl groups excluding tert-OH is 5. The molecule has 7 heteroatoms. The van der Waals surface area contributed by atoms with E-state index in [0.717, 1.165) is 12.7 Å². The minimum absolute atomic E-state index is 0.0833. The lowest BCUT2D eigenvalue weighted by molar-refractivity contribution is 0.102. The Bertz CT molecular complexity index is 545. The van der Waals surface area contributed by atoms with Crippen LogP contribution in [0.1, 0.15) is 47.1 Å².